The molecule has 1 amide bonds. The quantitative estimate of drug-likeness (QED) is 0.743. The van der Waals surface area contributed by atoms with E-state index in [0.717, 1.165) is 12.0 Å². The normalized spacial score (nSPS) is 12.3. The summed E-state index contributed by atoms with van der Waals surface area (Å²) >= 11 is 0. The molecule has 3 rings (SSSR count). The van der Waals surface area contributed by atoms with Gasteiger partial charge in [-0.15, -0.1) is 0 Å². The molecule has 0 bridgehead atoms. The van der Waals surface area contributed by atoms with Crippen molar-refractivity contribution in [2.45, 2.75) is 32.9 Å². The van der Waals surface area contributed by atoms with E-state index in [9.17, 15) is 9.59 Å². The Balaban J connectivity index is 1.83. The Kier molecular flexibility index (Phi) is 5.46. The van der Waals surface area contributed by atoms with Crippen molar-refractivity contribution in [3.63, 3.8) is 0 Å². The van der Waals surface area contributed by atoms with Crippen LogP contribution in [-0.4, -0.2) is 15.5 Å². The highest BCUT2D eigenvalue weighted by molar-refractivity contribution is 5.80. The molecule has 0 saturated heterocycles. The summed E-state index contributed by atoms with van der Waals surface area (Å²) in [5.41, 5.74) is 2.15. The zero-order valence-corrected chi connectivity index (χ0v) is 15.1. The molecule has 5 heteroatoms. The van der Waals surface area contributed by atoms with Crippen molar-refractivity contribution in [2.75, 3.05) is 0 Å². The van der Waals surface area contributed by atoms with Crippen LogP contribution >= 0.6 is 0 Å². The van der Waals surface area contributed by atoms with E-state index in [4.69, 9.17) is 0 Å². The molecule has 0 aliphatic rings. The van der Waals surface area contributed by atoms with Gasteiger partial charge in [-0.05, 0) is 30.0 Å². The van der Waals surface area contributed by atoms with E-state index in [1.54, 1.807) is 6.07 Å². The SMILES string of the molecule is CC(C)CC(NC(=O)Cn1c(=O)cnc2ccccc21)c1ccccc1. The lowest BCUT2D eigenvalue weighted by Gasteiger charge is -2.21. The number of amides is 1. The van der Waals surface area contributed by atoms with Gasteiger partial charge in [0.25, 0.3) is 5.56 Å². The lowest BCUT2D eigenvalue weighted by Crippen LogP contribution is -2.35. The van der Waals surface area contributed by atoms with Crippen LogP contribution < -0.4 is 10.9 Å². The van der Waals surface area contributed by atoms with Gasteiger partial charge in [0.2, 0.25) is 5.91 Å². The fourth-order valence-electron chi connectivity index (χ4n) is 3.10. The van der Waals surface area contributed by atoms with Crippen LogP contribution in [-0.2, 0) is 11.3 Å². The standard InChI is InChI=1S/C21H23N3O2/c1-15(2)12-18(16-8-4-3-5-9-16)23-20(25)14-24-19-11-7-6-10-17(19)22-13-21(24)26/h3-11,13,15,18H,12,14H2,1-2H3,(H,23,25). The number of benzene rings is 2. The zero-order valence-electron chi connectivity index (χ0n) is 15.1. The molecule has 3 aromatic rings. The van der Waals surface area contributed by atoms with Crippen LogP contribution in [0.3, 0.4) is 0 Å². The van der Waals surface area contributed by atoms with Crippen LogP contribution in [0.4, 0.5) is 0 Å². The van der Waals surface area contributed by atoms with E-state index in [-0.39, 0.29) is 24.1 Å². The highest BCUT2D eigenvalue weighted by Gasteiger charge is 2.17. The number of nitrogens with zero attached hydrogens (tertiary/aromatic N) is 2. The van der Waals surface area contributed by atoms with Crippen molar-refractivity contribution in [3.05, 3.63) is 76.7 Å². The van der Waals surface area contributed by atoms with Crippen molar-refractivity contribution >= 4 is 16.9 Å². The van der Waals surface area contributed by atoms with Crippen LogP contribution in [0.2, 0.25) is 0 Å². The number of fused-ring (bicyclic) bond motifs is 1. The molecule has 0 aliphatic heterocycles. The third kappa shape index (κ3) is 4.17. The van der Waals surface area contributed by atoms with Gasteiger partial charge in [0.15, 0.2) is 0 Å². The number of carbonyl (C=O) groups excluding carboxylic acids is 1. The van der Waals surface area contributed by atoms with Crippen molar-refractivity contribution in [2.24, 2.45) is 5.92 Å². The monoisotopic (exact) mass is 349 g/mol. The molecule has 0 radical (unpaired) electrons. The van der Waals surface area contributed by atoms with Gasteiger partial charge in [-0.3, -0.25) is 14.2 Å². The van der Waals surface area contributed by atoms with Crippen molar-refractivity contribution in [1.82, 2.24) is 14.9 Å². The van der Waals surface area contributed by atoms with Gasteiger partial charge in [-0.1, -0.05) is 56.3 Å². The largest absolute Gasteiger partial charge is 0.348 e. The van der Waals surface area contributed by atoms with Crippen LogP contribution in [0.1, 0.15) is 31.9 Å². The maximum Gasteiger partial charge on any atom is 0.269 e. The highest BCUT2D eigenvalue weighted by atomic mass is 16.2. The zero-order chi connectivity index (χ0) is 18.5. The van der Waals surface area contributed by atoms with Gasteiger partial charge in [0.05, 0.1) is 23.3 Å². The number of rotatable bonds is 6. The predicted molar refractivity (Wildman–Crippen MR) is 103 cm³/mol. The molecule has 1 aromatic heterocycles. The van der Waals surface area contributed by atoms with Crippen molar-refractivity contribution in [3.8, 4) is 0 Å². The topological polar surface area (TPSA) is 64.0 Å². The summed E-state index contributed by atoms with van der Waals surface area (Å²) < 4.78 is 1.47. The minimum absolute atomic E-state index is 0.0245. The second-order valence-corrected chi connectivity index (χ2v) is 6.83. The summed E-state index contributed by atoms with van der Waals surface area (Å²) in [4.78, 5) is 29.0. The molecule has 0 fully saturated rings. The second-order valence-electron chi connectivity index (χ2n) is 6.83. The van der Waals surface area contributed by atoms with Crippen molar-refractivity contribution in [1.29, 1.82) is 0 Å². The number of aromatic nitrogens is 2. The number of hydrogen-bond donors (Lipinski definition) is 1. The van der Waals surface area contributed by atoms with Gasteiger partial charge in [0, 0.05) is 0 Å². The molecule has 0 spiro atoms. The third-order valence-corrected chi connectivity index (χ3v) is 4.30. The minimum Gasteiger partial charge on any atom is -0.348 e. The molecular weight excluding hydrogens is 326 g/mol. The summed E-state index contributed by atoms with van der Waals surface area (Å²) in [6.07, 6.45) is 2.10. The summed E-state index contributed by atoms with van der Waals surface area (Å²) in [6, 6.07) is 17.2. The Bertz CT molecular complexity index is 948. The first kappa shape index (κ1) is 17.9. The van der Waals surface area contributed by atoms with Gasteiger partial charge in [-0.2, -0.15) is 0 Å². The summed E-state index contributed by atoms with van der Waals surface area (Å²) in [5.74, 6) is 0.253. The first-order valence-corrected chi connectivity index (χ1v) is 8.83. The molecule has 134 valence electrons. The molecule has 5 nitrogen and oxygen atoms in total. The van der Waals surface area contributed by atoms with E-state index < -0.39 is 0 Å². The first-order chi connectivity index (χ1) is 12.5. The van der Waals surface area contributed by atoms with E-state index in [0.29, 0.717) is 17.0 Å². The molecule has 1 atom stereocenters. The van der Waals surface area contributed by atoms with E-state index >= 15 is 0 Å². The Hall–Kier alpha value is -2.95. The molecule has 1 N–H and O–H groups in total. The predicted octanol–water partition coefficient (Wildman–Crippen LogP) is 3.30. The Morgan fingerprint density at radius 3 is 2.50 bits per heavy atom. The van der Waals surface area contributed by atoms with E-state index in [1.807, 2.05) is 48.5 Å². The minimum atomic E-state index is -0.279. The van der Waals surface area contributed by atoms with Crippen molar-refractivity contribution < 1.29 is 4.79 Å². The lowest BCUT2D eigenvalue weighted by atomic mass is 9.97. The molecular formula is C21H23N3O2. The average Bonchev–Trinajstić information content (AvgIpc) is 2.64. The van der Waals surface area contributed by atoms with Crippen LogP contribution in [0.5, 0.6) is 0 Å². The number of hydrogen-bond acceptors (Lipinski definition) is 3. The molecule has 0 saturated carbocycles. The van der Waals surface area contributed by atoms with Gasteiger partial charge < -0.3 is 5.32 Å². The van der Waals surface area contributed by atoms with Crippen LogP contribution in [0, 0.1) is 5.92 Å². The lowest BCUT2D eigenvalue weighted by molar-refractivity contribution is -0.122. The Morgan fingerprint density at radius 1 is 1.08 bits per heavy atom. The molecule has 1 unspecified atom stereocenters. The fraction of sp³-hybridized carbons (Fsp3) is 0.286. The van der Waals surface area contributed by atoms with Crippen LogP contribution in [0.15, 0.2) is 65.6 Å². The summed E-state index contributed by atoms with van der Waals surface area (Å²) in [5, 5.41) is 3.09. The summed E-state index contributed by atoms with van der Waals surface area (Å²) in [6.45, 7) is 4.23. The first-order valence-electron chi connectivity index (χ1n) is 8.83. The second kappa shape index (κ2) is 7.95. The smallest absolute Gasteiger partial charge is 0.269 e. The highest BCUT2D eigenvalue weighted by Crippen LogP contribution is 2.21. The Labute approximate surface area is 152 Å². The van der Waals surface area contributed by atoms with E-state index in [2.05, 4.69) is 24.1 Å². The van der Waals surface area contributed by atoms with Gasteiger partial charge in [-0.25, -0.2) is 4.98 Å². The van der Waals surface area contributed by atoms with Gasteiger partial charge in [0.1, 0.15) is 6.54 Å². The molecule has 0 aliphatic carbocycles. The molecule has 26 heavy (non-hydrogen) atoms. The Morgan fingerprint density at radius 2 is 1.77 bits per heavy atom. The molecule has 2 aromatic carbocycles. The van der Waals surface area contributed by atoms with Crippen LogP contribution in [0.25, 0.3) is 11.0 Å². The number of para-hydroxylation sites is 2. The molecule has 1 heterocycles. The third-order valence-electron chi connectivity index (χ3n) is 4.30. The van der Waals surface area contributed by atoms with Gasteiger partial charge >= 0.3 is 0 Å². The maximum absolute atomic E-state index is 12.7. The number of nitrogens with one attached hydrogen (secondary N) is 1. The summed E-state index contributed by atoms with van der Waals surface area (Å²) in [7, 11) is 0. The average molecular weight is 349 g/mol. The maximum atomic E-state index is 12.7. The number of carbonyl (C=O) groups is 1. The van der Waals surface area contributed by atoms with E-state index in [1.165, 1.54) is 10.8 Å². The fourth-order valence-corrected chi connectivity index (χ4v) is 3.10.